The second kappa shape index (κ2) is 6.17. The van der Waals surface area contributed by atoms with Crippen molar-refractivity contribution in [2.75, 3.05) is 25.0 Å². The van der Waals surface area contributed by atoms with Crippen LogP contribution in [0.3, 0.4) is 0 Å². The molecule has 26 heavy (non-hydrogen) atoms. The van der Waals surface area contributed by atoms with E-state index in [0.717, 1.165) is 56.6 Å². The van der Waals surface area contributed by atoms with Gasteiger partial charge in [0.2, 0.25) is 5.91 Å². The Balaban J connectivity index is 1.26. The average molecular weight is 354 g/mol. The number of likely N-dealkylation sites (tertiary alicyclic amines) is 1. The van der Waals surface area contributed by atoms with Gasteiger partial charge in [-0.3, -0.25) is 9.69 Å². The first-order chi connectivity index (χ1) is 12.7. The number of aromatic nitrogens is 2. The third-order valence-corrected chi connectivity index (χ3v) is 5.89. The number of nitrogens with zero attached hydrogens (tertiary/aromatic N) is 3. The predicted molar refractivity (Wildman–Crippen MR) is 93.5 cm³/mol. The van der Waals surface area contributed by atoms with E-state index in [4.69, 9.17) is 9.26 Å². The summed E-state index contributed by atoms with van der Waals surface area (Å²) in [6.45, 7) is 3.09. The Morgan fingerprint density at radius 2 is 2.12 bits per heavy atom. The minimum absolute atomic E-state index is 0.0421. The molecule has 2 aromatic rings. The Hall–Kier alpha value is -2.25. The molecule has 7 nitrogen and oxygen atoms in total. The van der Waals surface area contributed by atoms with Crippen molar-refractivity contribution in [3.8, 4) is 0 Å². The molecule has 0 aliphatic carbocycles. The lowest BCUT2D eigenvalue weighted by Crippen LogP contribution is -2.46. The van der Waals surface area contributed by atoms with E-state index in [0.29, 0.717) is 18.3 Å². The Labute approximate surface area is 151 Å². The maximum Gasteiger partial charge on any atom is 0.255 e. The second-order valence-electron chi connectivity index (χ2n) is 7.41. The van der Waals surface area contributed by atoms with Crippen LogP contribution >= 0.6 is 0 Å². The maximum atomic E-state index is 12.6. The number of hydrogen-bond acceptors (Lipinski definition) is 6. The highest BCUT2D eigenvalue weighted by atomic mass is 16.5. The molecule has 1 aromatic carbocycles. The van der Waals surface area contributed by atoms with Gasteiger partial charge in [-0.2, -0.15) is 4.98 Å². The molecule has 1 spiro atoms. The van der Waals surface area contributed by atoms with E-state index in [1.807, 2.05) is 18.2 Å². The number of carbonyl (C=O) groups is 1. The van der Waals surface area contributed by atoms with Crippen LogP contribution in [0.25, 0.3) is 0 Å². The maximum absolute atomic E-state index is 12.6. The minimum atomic E-state index is -0.382. The first-order valence-corrected chi connectivity index (χ1v) is 9.32. The fraction of sp³-hybridized carbons (Fsp3) is 0.526. The number of benzene rings is 1. The highest BCUT2D eigenvalue weighted by Crippen LogP contribution is 2.44. The van der Waals surface area contributed by atoms with Gasteiger partial charge in [0.05, 0.1) is 12.0 Å². The molecule has 2 fully saturated rings. The quantitative estimate of drug-likeness (QED) is 0.912. The molecule has 2 saturated heterocycles. The van der Waals surface area contributed by atoms with Gasteiger partial charge in [0.15, 0.2) is 5.82 Å². The van der Waals surface area contributed by atoms with Gasteiger partial charge in [-0.1, -0.05) is 23.4 Å². The summed E-state index contributed by atoms with van der Waals surface area (Å²) >= 11 is 0. The molecule has 0 saturated carbocycles. The Morgan fingerprint density at radius 3 is 2.92 bits per heavy atom. The summed E-state index contributed by atoms with van der Waals surface area (Å²) < 4.78 is 11.0. The molecule has 0 unspecified atom stereocenters. The monoisotopic (exact) mass is 354 g/mol. The van der Waals surface area contributed by atoms with Crippen molar-refractivity contribution in [2.24, 2.45) is 0 Å². The van der Waals surface area contributed by atoms with E-state index in [2.05, 4.69) is 26.4 Å². The molecule has 1 aromatic heterocycles. The van der Waals surface area contributed by atoms with Crippen LogP contribution in [0.4, 0.5) is 5.69 Å². The minimum Gasteiger partial charge on any atom is -0.368 e. The molecule has 1 atom stereocenters. The first-order valence-electron chi connectivity index (χ1n) is 9.32. The van der Waals surface area contributed by atoms with Crippen LogP contribution < -0.4 is 5.32 Å². The van der Waals surface area contributed by atoms with Gasteiger partial charge in [0.25, 0.3) is 5.89 Å². The number of nitrogens with one attached hydrogen (secondary N) is 1. The van der Waals surface area contributed by atoms with E-state index >= 15 is 0 Å². The van der Waals surface area contributed by atoms with Crippen LogP contribution in [0, 0.1) is 0 Å². The standard InChI is InChI=1S/C19H22N4O3/c24-18-19(13-4-1-2-5-14(13)20-18)7-9-23(10-8-19)12-16-21-17(26-22-16)15-6-3-11-25-15/h1-2,4-5,15H,3,6-12H2,(H,20,24)/t15-/m0/s1. The number of piperidine rings is 1. The topological polar surface area (TPSA) is 80.5 Å². The smallest absolute Gasteiger partial charge is 0.255 e. The van der Waals surface area contributed by atoms with E-state index in [9.17, 15) is 4.79 Å². The molecule has 3 aliphatic heterocycles. The molecule has 7 heteroatoms. The number of fused-ring (bicyclic) bond motifs is 2. The Morgan fingerprint density at radius 1 is 1.27 bits per heavy atom. The molecular formula is C19H22N4O3. The van der Waals surface area contributed by atoms with E-state index in [-0.39, 0.29) is 17.4 Å². The lowest BCUT2D eigenvalue weighted by Gasteiger charge is -2.37. The van der Waals surface area contributed by atoms with Crippen LogP contribution in [0.5, 0.6) is 0 Å². The van der Waals surface area contributed by atoms with Crippen molar-refractivity contribution in [3.05, 3.63) is 41.5 Å². The predicted octanol–water partition coefficient (Wildman–Crippen LogP) is 2.41. The Kier molecular flexibility index (Phi) is 3.79. The van der Waals surface area contributed by atoms with Gasteiger partial charge < -0.3 is 14.6 Å². The zero-order valence-electron chi connectivity index (χ0n) is 14.6. The van der Waals surface area contributed by atoms with Gasteiger partial charge in [-0.05, 0) is 50.4 Å². The van der Waals surface area contributed by atoms with E-state index < -0.39 is 0 Å². The van der Waals surface area contributed by atoms with Crippen molar-refractivity contribution in [1.29, 1.82) is 0 Å². The summed E-state index contributed by atoms with van der Waals surface area (Å²) in [5, 5.41) is 7.15. The second-order valence-corrected chi connectivity index (χ2v) is 7.41. The van der Waals surface area contributed by atoms with Crippen molar-refractivity contribution >= 4 is 11.6 Å². The van der Waals surface area contributed by atoms with Crippen LogP contribution in [-0.2, 0) is 21.5 Å². The van der Waals surface area contributed by atoms with Crippen LogP contribution in [0.2, 0.25) is 0 Å². The third kappa shape index (κ3) is 2.54. The first kappa shape index (κ1) is 16.0. The highest BCUT2D eigenvalue weighted by Gasteiger charge is 2.48. The molecule has 0 bridgehead atoms. The van der Waals surface area contributed by atoms with Gasteiger partial charge in [-0.15, -0.1) is 0 Å². The van der Waals surface area contributed by atoms with Crippen molar-refractivity contribution < 1.29 is 14.1 Å². The summed E-state index contributed by atoms with van der Waals surface area (Å²) in [5.41, 5.74) is 1.72. The molecule has 5 rings (SSSR count). The Bertz CT molecular complexity index is 820. The fourth-order valence-corrected chi connectivity index (χ4v) is 4.40. The van der Waals surface area contributed by atoms with Gasteiger partial charge >= 0.3 is 0 Å². The zero-order chi connectivity index (χ0) is 17.6. The van der Waals surface area contributed by atoms with E-state index in [1.54, 1.807) is 0 Å². The summed E-state index contributed by atoms with van der Waals surface area (Å²) in [7, 11) is 0. The van der Waals surface area contributed by atoms with Crippen molar-refractivity contribution in [1.82, 2.24) is 15.0 Å². The van der Waals surface area contributed by atoms with Gasteiger partial charge in [0, 0.05) is 12.3 Å². The van der Waals surface area contributed by atoms with Crippen LogP contribution in [-0.4, -0.2) is 40.6 Å². The largest absolute Gasteiger partial charge is 0.368 e. The number of ether oxygens (including phenoxy) is 1. The molecule has 0 radical (unpaired) electrons. The van der Waals surface area contributed by atoms with E-state index in [1.165, 1.54) is 0 Å². The summed E-state index contributed by atoms with van der Waals surface area (Å²) in [4.78, 5) is 19.4. The molecular weight excluding hydrogens is 332 g/mol. The normalized spacial score (nSPS) is 24.8. The SMILES string of the molecule is O=C1Nc2ccccc2C12CCN(Cc1noc([C@@H]3CCCO3)n1)CC2. The molecule has 1 N–H and O–H groups in total. The summed E-state index contributed by atoms with van der Waals surface area (Å²) in [5.74, 6) is 1.43. The van der Waals surface area contributed by atoms with Gasteiger partial charge in [-0.25, -0.2) is 0 Å². The number of hydrogen-bond donors (Lipinski definition) is 1. The lowest BCUT2D eigenvalue weighted by molar-refractivity contribution is -0.122. The number of para-hydroxylation sites is 1. The van der Waals surface area contributed by atoms with Gasteiger partial charge in [0.1, 0.15) is 6.10 Å². The molecule has 1 amide bonds. The number of amides is 1. The van der Waals surface area contributed by atoms with Crippen LogP contribution in [0.15, 0.2) is 28.8 Å². The van der Waals surface area contributed by atoms with Crippen molar-refractivity contribution in [3.63, 3.8) is 0 Å². The number of anilines is 1. The van der Waals surface area contributed by atoms with Crippen molar-refractivity contribution in [2.45, 2.75) is 43.7 Å². The molecule has 136 valence electrons. The fourth-order valence-electron chi connectivity index (χ4n) is 4.40. The third-order valence-electron chi connectivity index (χ3n) is 5.89. The zero-order valence-corrected chi connectivity index (χ0v) is 14.6. The summed E-state index contributed by atoms with van der Waals surface area (Å²) in [6, 6.07) is 8.05. The average Bonchev–Trinajstić information content (AvgIpc) is 3.38. The number of carbonyl (C=O) groups excluding carboxylic acids is 1. The number of rotatable bonds is 3. The summed E-state index contributed by atoms with van der Waals surface area (Å²) in [6.07, 6.45) is 3.57. The lowest BCUT2D eigenvalue weighted by atomic mass is 9.74. The highest BCUT2D eigenvalue weighted by molar-refractivity contribution is 6.06. The molecule has 4 heterocycles. The molecule has 3 aliphatic rings. The van der Waals surface area contributed by atoms with Crippen LogP contribution in [0.1, 0.15) is 49.1 Å².